The number of carbonyl (C=O) groups is 1. The van der Waals surface area contributed by atoms with Gasteiger partial charge in [0.15, 0.2) is 0 Å². The minimum absolute atomic E-state index is 0.0883. The average molecular weight is 610 g/mol. The van der Waals surface area contributed by atoms with Crippen LogP contribution in [-0.4, -0.2) is 30.6 Å². The molecule has 6 heteroatoms. The zero-order valence-electron chi connectivity index (χ0n) is 20.2. The molecule has 36 heavy (non-hydrogen) atoms. The maximum atomic E-state index is 13.2. The number of carbonyl (C=O) groups excluding carboxylic acids is 1. The van der Waals surface area contributed by atoms with Crippen LogP contribution in [0.1, 0.15) is 65.8 Å². The van der Waals surface area contributed by atoms with Crippen molar-refractivity contribution in [2.45, 2.75) is 50.2 Å². The molecule has 1 saturated heterocycles. The molecule has 0 bridgehead atoms. The van der Waals surface area contributed by atoms with Crippen molar-refractivity contribution in [3.8, 4) is 0 Å². The first-order chi connectivity index (χ1) is 17.6. The van der Waals surface area contributed by atoms with Gasteiger partial charge in [-0.15, -0.1) is 0 Å². The Labute approximate surface area is 229 Å². The summed E-state index contributed by atoms with van der Waals surface area (Å²) in [5, 5.41) is 0. The van der Waals surface area contributed by atoms with E-state index in [2.05, 4.69) is 73.2 Å². The second-order valence-corrected chi connectivity index (χ2v) is 12.1. The van der Waals surface area contributed by atoms with E-state index in [4.69, 9.17) is 4.74 Å². The van der Waals surface area contributed by atoms with Gasteiger partial charge in [-0.3, -0.25) is 0 Å². The van der Waals surface area contributed by atoms with Crippen molar-refractivity contribution >= 4 is 43.6 Å². The number of nitrogens with zero attached hydrogens (tertiary/aromatic N) is 2. The van der Waals surface area contributed by atoms with Crippen molar-refractivity contribution < 1.29 is 9.53 Å². The fourth-order valence-electron chi connectivity index (χ4n) is 5.42. The lowest BCUT2D eigenvalue weighted by Crippen LogP contribution is -2.51. The summed E-state index contributed by atoms with van der Waals surface area (Å²) in [4.78, 5) is 17.6. The van der Waals surface area contributed by atoms with E-state index in [0.717, 1.165) is 21.1 Å². The van der Waals surface area contributed by atoms with Crippen LogP contribution in [0.3, 0.4) is 0 Å². The molecule has 2 aliphatic carbocycles. The van der Waals surface area contributed by atoms with Crippen LogP contribution in [0, 0.1) is 0 Å². The highest BCUT2D eigenvalue weighted by atomic mass is 79.9. The molecule has 1 amide bonds. The van der Waals surface area contributed by atoms with Gasteiger partial charge in [-0.1, -0.05) is 68.3 Å². The third-order valence-corrected chi connectivity index (χ3v) is 8.57. The predicted octanol–water partition coefficient (Wildman–Crippen LogP) is 8.17. The molecular formula is C30H30Br2N2O2. The van der Waals surface area contributed by atoms with Crippen molar-refractivity contribution in [1.29, 1.82) is 0 Å². The van der Waals surface area contributed by atoms with Crippen LogP contribution in [0.2, 0.25) is 0 Å². The van der Waals surface area contributed by atoms with Gasteiger partial charge in [-0.25, -0.2) is 4.79 Å². The van der Waals surface area contributed by atoms with Crippen molar-refractivity contribution in [1.82, 2.24) is 4.90 Å². The number of amides is 1. The quantitative estimate of drug-likeness (QED) is 0.283. The largest absolute Gasteiger partial charge is 0.445 e. The highest BCUT2D eigenvalue weighted by molar-refractivity contribution is 9.10. The molecule has 1 heterocycles. The molecule has 0 aromatic heterocycles. The fraction of sp³-hybridized carbons (Fsp3) is 0.367. The molecule has 1 unspecified atom stereocenters. The highest BCUT2D eigenvalue weighted by Crippen LogP contribution is 2.49. The zero-order valence-corrected chi connectivity index (χ0v) is 23.4. The molecular weight excluding hydrogens is 580 g/mol. The molecule has 3 aromatic rings. The Hall–Kier alpha value is -2.31. The molecule has 3 aliphatic rings. The molecule has 4 nitrogen and oxygen atoms in total. The summed E-state index contributed by atoms with van der Waals surface area (Å²) in [7, 11) is 0. The maximum Gasteiger partial charge on any atom is 0.410 e. The second-order valence-electron chi connectivity index (χ2n) is 10.2. The molecule has 3 fully saturated rings. The van der Waals surface area contributed by atoms with E-state index in [0.29, 0.717) is 31.5 Å². The van der Waals surface area contributed by atoms with Gasteiger partial charge in [0.05, 0.1) is 6.04 Å². The normalized spacial score (nSPS) is 19.9. The summed E-state index contributed by atoms with van der Waals surface area (Å²) >= 11 is 7.39. The van der Waals surface area contributed by atoms with Crippen LogP contribution < -0.4 is 4.90 Å². The minimum Gasteiger partial charge on any atom is -0.445 e. The van der Waals surface area contributed by atoms with Gasteiger partial charge in [-0.05, 0) is 90.1 Å². The van der Waals surface area contributed by atoms with E-state index in [9.17, 15) is 4.79 Å². The van der Waals surface area contributed by atoms with Gasteiger partial charge in [0.2, 0.25) is 0 Å². The average Bonchev–Trinajstić information content (AvgIpc) is 3.81. The van der Waals surface area contributed by atoms with E-state index in [1.54, 1.807) is 0 Å². The lowest BCUT2D eigenvalue weighted by atomic mass is 9.93. The van der Waals surface area contributed by atoms with Gasteiger partial charge in [0.1, 0.15) is 6.61 Å². The standard InChI is InChI=1S/C30H30Br2N2O2/c31-23-10-12-25(26(16-23)21-6-7-21)29-18-33(30(35)36-19-20-4-2-1-3-5-20)14-15-34(29)28-13-11-24(32)17-27(28)22-8-9-22/h1-5,10-13,16-17,21-22,29H,6-9,14-15,18-19H2. The highest BCUT2D eigenvalue weighted by Gasteiger charge is 2.38. The number of ether oxygens (including phenoxy) is 1. The number of piperazine rings is 1. The van der Waals surface area contributed by atoms with Crippen LogP contribution >= 0.6 is 31.9 Å². The maximum absolute atomic E-state index is 13.2. The molecule has 3 aromatic carbocycles. The number of hydrogen-bond acceptors (Lipinski definition) is 3. The van der Waals surface area contributed by atoms with Gasteiger partial charge in [0.25, 0.3) is 0 Å². The lowest BCUT2D eigenvalue weighted by Gasteiger charge is -2.44. The van der Waals surface area contributed by atoms with Crippen LogP contribution in [0.25, 0.3) is 0 Å². The Morgan fingerprint density at radius 3 is 2.19 bits per heavy atom. The first-order valence-electron chi connectivity index (χ1n) is 12.9. The van der Waals surface area contributed by atoms with Crippen molar-refractivity contribution in [3.63, 3.8) is 0 Å². The third kappa shape index (κ3) is 5.21. The Morgan fingerprint density at radius 2 is 1.47 bits per heavy atom. The Balaban J connectivity index is 1.31. The molecule has 0 spiro atoms. The molecule has 1 aliphatic heterocycles. The number of hydrogen-bond donors (Lipinski definition) is 0. The van der Waals surface area contributed by atoms with Crippen molar-refractivity contribution in [2.24, 2.45) is 0 Å². The van der Waals surface area contributed by atoms with Crippen LogP contribution in [0.15, 0.2) is 75.7 Å². The first kappa shape index (κ1) is 24.1. The summed E-state index contributed by atoms with van der Waals surface area (Å²) in [5.41, 5.74) is 6.51. The van der Waals surface area contributed by atoms with Crippen LogP contribution in [0.5, 0.6) is 0 Å². The molecule has 2 saturated carbocycles. The van der Waals surface area contributed by atoms with Gasteiger partial charge < -0.3 is 14.5 Å². The molecule has 0 N–H and O–H groups in total. The number of halogens is 2. The fourth-order valence-corrected chi connectivity index (χ4v) is 6.18. The zero-order chi connectivity index (χ0) is 24.6. The Morgan fingerprint density at radius 1 is 0.806 bits per heavy atom. The van der Waals surface area contributed by atoms with E-state index < -0.39 is 0 Å². The second kappa shape index (κ2) is 10.2. The number of anilines is 1. The molecule has 0 radical (unpaired) electrons. The van der Waals surface area contributed by atoms with Gasteiger partial charge >= 0.3 is 6.09 Å². The smallest absolute Gasteiger partial charge is 0.410 e. The SMILES string of the molecule is O=C(OCc1ccccc1)N1CCN(c2ccc(Br)cc2C2CC2)C(c2ccc(Br)cc2C2CC2)C1. The third-order valence-electron chi connectivity index (χ3n) is 7.58. The number of benzene rings is 3. The summed E-state index contributed by atoms with van der Waals surface area (Å²) < 4.78 is 8.00. The van der Waals surface area contributed by atoms with Gasteiger partial charge in [-0.2, -0.15) is 0 Å². The summed E-state index contributed by atoms with van der Waals surface area (Å²) in [5.74, 6) is 1.26. The lowest BCUT2D eigenvalue weighted by molar-refractivity contribution is 0.0888. The van der Waals surface area contributed by atoms with Crippen LogP contribution in [0.4, 0.5) is 10.5 Å². The van der Waals surface area contributed by atoms with Crippen LogP contribution in [-0.2, 0) is 11.3 Å². The molecule has 6 rings (SSSR count). The molecule has 186 valence electrons. The minimum atomic E-state index is -0.230. The van der Waals surface area contributed by atoms with E-state index >= 15 is 0 Å². The van der Waals surface area contributed by atoms with E-state index in [1.165, 1.54) is 48.1 Å². The topological polar surface area (TPSA) is 32.8 Å². The summed E-state index contributed by atoms with van der Waals surface area (Å²) in [6.45, 7) is 2.36. The van der Waals surface area contributed by atoms with Crippen molar-refractivity contribution in [3.05, 3.63) is 97.9 Å². The monoisotopic (exact) mass is 608 g/mol. The van der Waals surface area contributed by atoms with E-state index in [1.807, 2.05) is 35.2 Å². The predicted molar refractivity (Wildman–Crippen MR) is 151 cm³/mol. The van der Waals surface area contributed by atoms with Crippen molar-refractivity contribution in [2.75, 3.05) is 24.5 Å². The summed E-state index contributed by atoms with van der Waals surface area (Å²) in [6, 6.07) is 23.4. The number of rotatable bonds is 6. The molecule has 1 atom stereocenters. The summed E-state index contributed by atoms with van der Waals surface area (Å²) in [6.07, 6.45) is 4.76. The van der Waals surface area contributed by atoms with E-state index in [-0.39, 0.29) is 12.1 Å². The Bertz CT molecular complexity index is 1260. The first-order valence-corrected chi connectivity index (χ1v) is 14.5. The van der Waals surface area contributed by atoms with Gasteiger partial charge in [0, 0.05) is 34.3 Å². The Kier molecular flexibility index (Phi) is 6.82.